The maximum absolute atomic E-state index is 12.5. The Kier molecular flexibility index (Phi) is 8.74. The van der Waals surface area contributed by atoms with Gasteiger partial charge in [-0.1, -0.05) is 18.2 Å². The molecular weight excluding hydrogens is 380 g/mol. The Morgan fingerprint density at radius 2 is 2.00 bits per heavy atom. The number of hydrogen-bond acceptors (Lipinski definition) is 4. The summed E-state index contributed by atoms with van der Waals surface area (Å²) in [5.74, 6) is 3.39. The second-order valence-corrected chi connectivity index (χ2v) is 8.25. The molecule has 2 heterocycles. The van der Waals surface area contributed by atoms with Crippen molar-refractivity contribution in [3.05, 3.63) is 53.5 Å². The number of furan rings is 1. The number of thioether (sulfide) groups is 1. The Labute approximate surface area is 172 Å². The SMILES string of the molecule is CN(C)Cc1cc2c(o1)CCN(C(=O)CCCCSc1ccccc1)C2.Cl. The molecule has 0 atom stereocenters. The van der Waals surface area contributed by atoms with Crippen molar-refractivity contribution in [2.45, 2.75) is 43.7 Å². The molecule has 148 valence electrons. The first-order chi connectivity index (χ1) is 12.6. The topological polar surface area (TPSA) is 36.7 Å². The molecule has 1 aliphatic rings. The number of rotatable bonds is 8. The largest absolute Gasteiger partial charge is 0.464 e. The third-order valence-corrected chi connectivity index (χ3v) is 5.64. The van der Waals surface area contributed by atoms with E-state index in [1.807, 2.05) is 36.8 Å². The highest BCUT2D eigenvalue weighted by Gasteiger charge is 2.23. The van der Waals surface area contributed by atoms with Crippen LogP contribution in [0.3, 0.4) is 0 Å². The van der Waals surface area contributed by atoms with Crippen molar-refractivity contribution in [2.24, 2.45) is 0 Å². The highest BCUT2D eigenvalue weighted by molar-refractivity contribution is 7.99. The Bertz CT molecular complexity index is 718. The third kappa shape index (κ3) is 6.59. The molecule has 0 radical (unpaired) electrons. The summed E-state index contributed by atoms with van der Waals surface area (Å²) in [6.45, 7) is 2.28. The van der Waals surface area contributed by atoms with Gasteiger partial charge in [0.1, 0.15) is 11.5 Å². The highest BCUT2D eigenvalue weighted by atomic mass is 35.5. The van der Waals surface area contributed by atoms with Crippen molar-refractivity contribution < 1.29 is 9.21 Å². The Hall–Kier alpha value is -1.43. The number of carbonyl (C=O) groups is 1. The fraction of sp³-hybridized carbons (Fsp3) is 0.476. The van der Waals surface area contributed by atoms with Gasteiger partial charge < -0.3 is 14.2 Å². The number of amides is 1. The number of fused-ring (bicyclic) bond motifs is 1. The lowest BCUT2D eigenvalue weighted by Crippen LogP contribution is -2.35. The second kappa shape index (κ2) is 10.8. The van der Waals surface area contributed by atoms with Crippen LogP contribution in [-0.2, 0) is 24.3 Å². The van der Waals surface area contributed by atoms with Gasteiger partial charge in [0.25, 0.3) is 0 Å². The summed E-state index contributed by atoms with van der Waals surface area (Å²) in [6.07, 6.45) is 3.51. The van der Waals surface area contributed by atoms with Gasteiger partial charge in [0.05, 0.1) is 6.54 Å². The molecule has 27 heavy (non-hydrogen) atoms. The van der Waals surface area contributed by atoms with Crippen LogP contribution in [0.2, 0.25) is 0 Å². The number of nitrogens with zero attached hydrogens (tertiary/aromatic N) is 2. The first-order valence-corrected chi connectivity index (χ1v) is 10.3. The molecule has 4 nitrogen and oxygen atoms in total. The molecule has 0 spiro atoms. The minimum absolute atomic E-state index is 0. The van der Waals surface area contributed by atoms with Gasteiger partial charge >= 0.3 is 0 Å². The molecule has 1 aromatic heterocycles. The van der Waals surface area contributed by atoms with Gasteiger partial charge in [-0.25, -0.2) is 0 Å². The van der Waals surface area contributed by atoms with Crippen LogP contribution in [-0.4, -0.2) is 42.1 Å². The molecule has 1 aromatic carbocycles. The fourth-order valence-electron chi connectivity index (χ4n) is 3.24. The Morgan fingerprint density at radius 3 is 2.74 bits per heavy atom. The lowest BCUT2D eigenvalue weighted by molar-refractivity contribution is -0.132. The van der Waals surface area contributed by atoms with Gasteiger partial charge in [0, 0.05) is 36.4 Å². The van der Waals surface area contributed by atoms with Gasteiger partial charge in [0.2, 0.25) is 5.91 Å². The van der Waals surface area contributed by atoms with E-state index in [1.165, 1.54) is 10.5 Å². The summed E-state index contributed by atoms with van der Waals surface area (Å²) in [7, 11) is 4.07. The van der Waals surface area contributed by atoms with Crippen LogP contribution in [0.5, 0.6) is 0 Å². The minimum Gasteiger partial charge on any atom is -0.464 e. The summed E-state index contributed by atoms with van der Waals surface area (Å²) in [4.78, 5) is 17.9. The van der Waals surface area contributed by atoms with E-state index in [-0.39, 0.29) is 18.3 Å². The Balaban J connectivity index is 0.00000261. The molecule has 0 fully saturated rings. The predicted molar refractivity (Wildman–Crippen MR) is 113 cm³/mol. The van der Waals surface area contributed by atoms with Gasteiger partial charge in [-0.2, -0.15) is 0 Å². The van der Waals surface area contributed by atoms with Crippen molar-refractivity contribution in [3.63, 3.8) is 0 Å². The molecule has 0 saturated heterocycles. The summed E-state index contributed by atoms with van der Waals surface area (Å²) >= 11 is 1.86. The van der Waals surface area contributed by atoms with Crippen molar-refractivity contribution in [3.8, 4) is 0 Å². The van der Waals surface area contributed by atoms with Crippen LogP contribution in [0.15, 0.2) is 45.7 Å². The van der Waals surface area contributed by atoms with Crippen molar-refractivity contribution >= 4 is 30.1 Å². The van der Waals surface area contributed by atoms with Crippen LogP contribution in [0.4, 0.5) is 0 Å². The van der Waals surface area contributed by atoms with Gasteiger partial charge in [0.15, 0.2) is 0 Å². The van der Waals surface area contributed by atoms with Crippen molar-refractivity contribution in [1.29, 1.82) is 0 Å². The molecule has 6 heteroatoms. The van der Waals surface area contributed by atoms with E-state index in [0.29, 0.717) is 13.0 Å². The highest BCUT2D eigenvalue weighted by Crippen LogP contribution is 2.24. The molecule has 1 aliphatic heterocycles. The van der Waals surface area contributed by atoms with E-state index in [0.717, 1.165) is 49.6 Å². The first kappa shape index (κ1) is 21.9. The quantitative estimate of drug-likeness (QED) is 0.472. The van der Waals surface area contributed by atoms with Crippen molar-refractivity contribution in [1.82, 2.24) is 9.80 Å². The van der Waals surface area contributed by atoms with Crippen molar-refractivity contribution in [2.75, 3.05) is 26.4 Å². The summed E-state index contributed by atoms with van der Waals surface area (Å²) in [6, 6.07) is 12.6. The van der Waals surface area contributed by atoms with Crippen LogP contribution in [0, 0.1) is 0 Å². The first-order valence-electron chi connectivity index (χ1n) is 9.32. The second-order valence-electron chi connectivity index (χ2n) is 7.08. The molecule has 2 aromatic rings. The van der Waals surface area contributed by atoms with Crippen LogP contribution >= 0.6 is 24.2 Å². The normalized spacial score (nSPS) is 13.4. The molecule has 0 N–H and O–H groups in total. The zero-order chi connectivity index (χ0) is 18.4. The molecule has 0 bridgehead atoms. The van der Waals surface area contributed by atoms with Gasteiger partial charge in [-0.15, -0.1) is 24.2 Å². The van der Waals surface area contributed by atoms with Gasteiger partial charge in [-0.05, 0) is 50.9 Å². The molecule has 0 unspecified atom stereocenters. The van der Waals surface area contributed by atoms with E-state index >= 15 is 0 Å². The van der Waals surface area contributed by atoms with E-state index in [4.69, 9.17) is 4.42 Å². The molecule has 0 saturated carbocycles. The zero-order valence-electron chi connectivity index (χ0n) is 16.1. The molecule has 3 rings (SSSR count). The van der Waals surface area contributed by atoms with E-state index < -0.39 is 0 Å². The predicted octanol–water partition coefficient (Wildman–Crippen LogP) is 4.61. The summed E-state index contributed by atoms with van der Waals surface area (Å²) in [5.41, 5.74) is 1.18. The monoisotopic (exact) mass is 408 g/mol. The lowest BCUT2D eigenvalue weighted by Gasteiger charge is -2.26. The summed E-state index contributed by atoms with van der Waals surface area (Å²) in [5, 5.41) is 0. The van der Waals surface area contributed by atoms with Crippen LogP contribution in [0.25, 0.3) is 0 Å². The zero-order valence-corrected chi connectivity index (χ0v) is 17.8. The van der Waals surface area contributed by atoms with E-state index in [1.54, 1.807) is 0 Å². The standard InChI is InChI=1S/C21H28N2O2S.ClH/c1-22(2)16-18-14-17-15-23(12-11-20(17)25-18)21(24)10-6-7-13-26-19-8-4-3-5-9-19;/h3-5,8-9,14H,6-7,10-13,15-16H2,1-2H3;1H. The number of halogens is 1. The number of carbonyl (C=O) groups excluding carboxylic acids is 1. The number of unbranched alkanes of at least 4 members (excludes halogenated alkanes) is 1. The van der Waals surface area contributed by atoms with Crippen LogP contribution in [0.1, 0.15) is 36.3 Å². The van der Waals surface area contributed by atoms with Crippen LogP contribution < -0.4 is 0 Å². The molecular formula is C21H29ClN2O2S. The average Bonchev–Trinajstić information content (AvgIpc) is 3.02. The van der Waals surface area contributed by atoms with E-state index in [2.05, 4.69) is 35.2 Å². The summed E-state index contributed by atoms with van der Waals surface area (Å²) < 4.78 is 5.92. The minimum atomic E-state index is 0. The maximum atomic E-state index is 12.5. The third-order valence-electron chi connectivity index (χ3n) is 4.54. The molecule has 1 amide bonds. The smallest absolute Gasteiger partial charge is 0.222 e. The molecule has 0 aliphatic carbocycles. The fourth-order valence-corrected chi connectivity index (χ4v) is 4.17. The Morgan fingerprint density at radius 1 is 1.22 bits per heavy atom. The van der Waals surface area contributed by atoms with E-state index in [9.17, 15) is 4.79 Å². The van der Waals surface area contributed by atoms with Gasteiger partial charge in [-0.3, -0.25) is 4.79 Å². The average molecular weight is 409 g/mol. The maximum Gasteiger partial charge on any atom is 0.222 e. The number of hydrogen-bond donors (Lipinski definition) is 0. The lowest BCUT2D eigenvalue weighted by atomic mass is 10.1. The number of benzene rings is 1.